The minimum atomic E-state index is -0.433. The molecule has 0 aliphatic heterocycles. The molecule has 1 unspecified atom stereocenters. The maximum absolute atomic E-state index is 9.48. The number of aliphatic hydroxyl groups is 2. The highest BCUT2D eigenvalue weighted by Gasteiger charge is 2.03. The quantitative estimate of drug-likeness (QED) is 0.465. The molecule has 4 nitrogen and oxygen atoms in total. The van der Waals surface area contributed by atoms with Crippen molar-refractivity contribution in [2.45, 2.75) is 32.8 Å². The highest BCUT2D eigenvalue weighted by atomic mass is 16.5. The van der Waals surface area contributed by atoms with Gasteiger partial charge in [-0.3, -0.25) is 0 Å². The predicted molar refractivity (Wildman–Crippen MR) is 60.9 cm³/mol. The van der Waals surface area contributed by atoms with Gasteiger partial charge < -0.3 is 20.3 Å². The van der Waals surface area contributed by atoms with E-state index in [-0.39, 0.29) is 6.61 Å². The molecule has 0 saturated carbocycles. The molecule has 0 aliphatic carbocycles. The summed E-state index contributed by atoms with van der Waals surface area (Å²) in [5.41, 5.74) is 0. The van der Waals surface area contributed by atoms with Crippen LogP contribution in [-0.2, 0) is 4.74 Å². The van der Waals surface area contributed by atoms with Gasteiger partial charge in [-0.25, -0.2) is 0 Å². The molecule has 0 aliphatic rings. The number of unbranched alkanes of at least 4 members (excludes halogenated alkanes) is 1. The monoisotopic (exact) mass is 219 g/mol. The summed E-state index contributed by atoms with van der Waals surface area (Å²) in [6.07, 6.45) is 1.32. The molecule has 0 aromatic carbocycles. The summed E-state index contributed by atoms with van der Waals surface area (Å²) >= 11 is 0. The Labute approximate surface area is 92.6 Å². The van der Waals surface area contributed by atoms with Crippen LogP contribution < -0.4 is 5.32 Å². The molecule has 0 aromatic heterocycles. The first-order valence-corrected chi connectivity index (χ1v) is 5.74. The molecule has 0 rings (SSSR count). The zero-order chi connectivity index (χ0) is 11.5. The molecule has 0 saturated heterocycles. The lowest BCUT2D eigenvalue weighted by molar-refractivity contribution is 0.0262. The third kappa shape index (κ3) is 11.8. The number of hydrogen-bond acceptors (Lipinski definition) is 4. The van der Waals surface area contributed by atoms with Crippen molar-refractivity contribution < 1.29 is 14.9 Å². The lowest BCUT2D eigenvalue weighted by Gasteiger charge is -2.13. The van der Waals surface area contributed by atoms with Gasteiger partial charge in [0, 0.05) is 19.8 Å². The third-order valence-electron chi connectivity index (χ3n) is 1.90. The second-order valence-corrected chi connectivity index (χ2v) is 4.22. The fourth-order valence-corrected chi connectivity index (χ4v) is 1.13. The normalized spacial score (nSPS) is 13.4. The van der Waals surface area contributed by atoms with Crippen molar-refractivity contribution in [3.8, 4) is 0 Å². The van der Waals surface area contributed by atoms with Crippen molar-refractivity contribution in [3.63, 3.8) is 0 Å². The lowest BCUT2D eigenvalue weighted by Crippen LogP contribution is -2.31. The summed E-state index contributed by atoms with van der Waals surface area (Å²) in [7, 11) is 0. The average Bonchev–Trinajstić information content (AvgIpc) is 2.17. The maximum Gasteiger partial charge on any atom is 0.0897 e. The van der Waals surface area contributed by atoms with E-state index in [1.165, 1.54) is 0 Å². The van der Waals surface area contributed by atoms with E-state index in [0.29, 0.717) is 25.7 Å². The summed E-state index contributed by atoms with van der Waals surface area (Å²) in [6, 6.07) is 0. The van der Waals surface area contributed by atoms with Crippen LogP contribution >= 0.6 is 0 Å². The Bertz CT molecular complexity index is 131. The first-order valence-electron chi connectivity index (χ1n) is 5.74. The minimum absolute atomic E-state index is 0.238. The van der Waals surface area contributed by atoms with Crippen LogP contribution in [0.5, 0.6) is 0 Å². The van der Waals surface area contributed by atoms with Crippen molar-refractivity contribution in [1.29, 1.82) is 0 Å². The van der Waals surface area contributed by atoms with Crippen LogP contribution in [0.1, 0.15) is 26.7 Å². The second kappa shape index (κ2) is 10.4. The number of rotatable bonds is 10. The fourth-order valence-electron chi connectivity index (χ4n) is 1.13. The zero-order valence-corrected chi connectivity index (χ0v) is 9.91. The number of ether oxygens (including phenoxy) is 1. The van der Waals surface area contributed by atoms with Crippen LogP contribution in [0.2, 0.25) is 0 Å². The number of hydrogen-bond donors (Lipinski definition) is 3. The van der Waals surface area contributed by atoms with Gasteiger partial charge in [-0.2, -0.15) is 0 Å². The number of aliphatic hydroxyl groups excluding tert-OH is 2. The van der Waals surface area contributed by atoms with E-state index >= 15 is 0 Å². The molecule has 92 valence electrons. The molecule has 0 spiro atoms. The van der Waals surface area contributed by atoms with Gasteiger partial charge in [0.15, 0.2) is 0 Å². The standard InChI is InChI=1S/C11H25NO3/c1-10(2)8-15-9-11(14)7-12-5-3-4-6-13/h10-14H,3-9H2,1-2H3. The van der Waals surface area contributed by atoms with Crippen molar-refractivity contribution in [2.75, 3.05) is 32.9 Å². The molecule has 0 amide bonds. The first-order chi connectivity index (χ1) is 7.16. The summed E-state index contributed by atoms with van der Waals surface area (Å²) in [4.78, 5) is 0. The molecule has 15 heavy (non-hydrogen) atoms. The van der Waals surface area contributed by atoms with Crippen molar-refractivity contribution >= 4 is 0 Å². The van der Waals surface area contributed by atoms with E-state index in [1.54, 1.807) is 0 Å². The van der Waals surface area contributed by atoms with Gasteiger partial charge in [-0.15, -0.1) is 0 Å². The van der Waals surface area contributed by atoms with Crippen LogP contribution in [0, 0.1) is 5.92 Å². The second-order valence-electron chi connectivity index (χ2n) is 4.22. The topological polar surface area (TPSA) is 61.7 Å². The third-order valence-corrected chi connectivity index (χ3v) is 1.90. The van der Waals surface area contributed by atoms with Crippen molar-refractivity contribution in [1.82, 2.24) is 5.32 Å². The first kappa shape index (κ1) is 14.8. The SMILES string of the molecule is CC(C)COCC(O)CNCCCCO. The largest absolute Gasteiger partial charge is 0.396 e. The van der Waals surface area contributed by atoms with E-state index in [0.717, 1.165) is 19.4 Å². The highest BCUT2D eigenvalue weighted by molar-refractivity contribution is 4.58. The maximum atomic E-state index is 9.48. The molecular formula is C11H25NO3. The van der Waals surface area contributed by atoms with Crippen LogP contribution in [0.15, 0.2) is 0 Å². The van der Waals surface area contributed by atoms with Crippen LogP contribution in [0.3, 0.4) is 0 Å². The average molecular weight is 219 g/mol. The van der Waals surface area contributed by atoms with Gasteiger partial charge in [0.2, 0.25) is 0 Å². The van der Waals surface area contributed by atoms with E-state index in [4.69, 9.17) is 9.84 Å². The van der Waals surface area contributed by atoms with Gasteiger partial charge >= 0.3 is 0 Å². The molecule has 0 bridgehead atoms. The Morgan fingerprint density at radius 2 is 1.93 bits per heavy atom. The van der Waals surface area contributed by atoms with Crippen LogP contribution in [0.4, 0.5) is 0 Å². The summed E-state index contributed by atoms with van der Waals surface area (Å²) in [5, 5.41) is 21.1. The van der Waals surface area contributed by atoms with E-state index in [1.807, 2.05) is 0 Å². The van der Waals surface area contributed by atoms with Crippen LogP contribution in [0.25, 0.3) is 0 Å². The smallest absolute Gasteiger partial charge is 0.0897 e. The molecule has 0 heterocycles. The molecule has 0 aromatic rings. The van der Waals surface area contributed by atoms with Crippen molar-refractivity contribution in [2.24, 2.45) is 5.92 Å². The molecule has 1 atom stereocenters. The number of nitrogens with one attached hydrogen (secondary N) is 1. The van der Waals surface area contributed by atoms with Gasteiger partial charge in [0.25, 0.3) is 0 Å². The van der Waals surface area contributed by atoms with Gasteiger partial charge in [-0.05, 0) is 25.3 Å². The zero-order valence-electron chi connectivity index (χ0n) is 9.91. The Kier molecular flexibility index (Phi) is 10.3. The predicted octanol–water partition coefficient (Wildman–Crippen LogP) is 0.382. The summed E-state index contributed by atoms with van der Waals surface area (Å²) in [5.74, 6) is 0.509. The van der Waals surface area contributed by atoms with Gasteiger partial charge in [0.05, 0.1) is 12.7 Å². The molecule has 0 radical (unpaired) electrons. The van der Waals surface area contributed by atoms with Crippen LogP contribution in [-0.4, -0.2) is 49.2 Å². The summed E-state index contributed by atoms with van der Waals surface area (Å²) in [6.45, 7) is 6.89. The Balaban J connectivity index is 3.15. The van der Waals surface area contributed by atoms with E-state index in [2.05, 4.69) is 19.2 Å². The Morgan fingerprint density at radius 1 is 1.20 bits per heavy atom. The molecule has 3 N–H and O–H groups in total. The van der Waals surface area contributed by atoms with E-state index < -0.39 is 6.10 Å². The van der Waals surface area contributed by atoms with Gasteiger partial charge in [-0.1, -0.05) is 13.8 Å². The molecular weight excluding hydrogens is 194 g/mol. The van der Waals surface area contributed by atoms with E-state index in [9.17, 15) is 5.11 Å². The molecule has 0 fully saturated rings. The van der Waals surface area contributed by atoms with Gasteiger partial charge in [0.1, 0.15) is 0 Å². The minimum Gasteiger partial charge on any atom is -0.396 e. The lowest BCUT2D eigenvalue weighted by atomic mass is 10.2. The fraction of sp³-hybridized carbons (Fsp3) is 1.00. The highest BCUT2D eigenvalue weighted by Crippen LogP contribution is 1.93. The Morgan fingerprint density at radius 3 is 2.53 bits per heavy atom. The van der Waals surface area contributed by atoms with Crippen molar-refractivity contribution in [3.05, 3.63) is 0 Å². The summed E-state index contributed by atoms with van der Waals surface area (Å²) < 4.78 is 5.31. The Hall–Kier alpha value is -0.160. The molecule has 4 heteroatoms.